The second kappa shape index (κ2) is 5.57. The molecule has 2 rings (SSSR count). The van der Waals surface area contributed by atoms with E-state index in [4.69, 9.17) is 0 Å². The van der Waals surface area contributed by atoms with Gasteiger partial charge in [-0.05, 0) is 41.7 Å². The number of hydrogen-bond acceptors (Lipinski definition) is 1. The van der Waals surface area contributed by atoms with Crippen molar-refractivity contribution in [2.24, 2.45) is 5.92 Å². The summed E-state index contributed by atoms with van der Waals surface area (Å²) in [4.78, 5) is 0. The van der Waals surface area contributed by atoms with Crippen molar-refractivity contribution in [2.75, 3.05) is 0 Å². The fourth-order valence-electron chi connectivity index (χ4n) is 2.11. The molecule has 0 aliphatic heterocycles. The largest absolute Gasteiger partial charge is 0.507 e. The first-order valence-corrected chi connectivity index (χ1v) is 6.93. The predicted octanol–water partition coefficient (Wildman–Crippen LogP) is 5.02. The minimum Gasteiger partial charge on any atom is -0.507 e. The van der Waals surface area contributed by atoms with E-state index in [-0.39, 0.29) is 0 Å². The molecule has 0 fully saturated rings. The molecule has 1 N–H and O–H groups in total. The second-order valence-corrected chi connectivity index (χ2v) is 5.88. The zero-order valence-electron chi connectivity index (χ0n) is 10.7. The van der Waals surface area contributed by atoms with Gasteiger partial charge < -0.3 is 5.11 Å². The van der Waals surface area contributed by atoms with Gasteiger partial charge in [-0.3, -0.25) is 0 Å². The van der Waals surface area contributed by atoms with Gasteiger partial charge in [-0.15, -0.1) is 0 Å². The molecular weight excluding hydrogens is 288 g/mol. The predicted molar refractivity (Wildman–Crippen MR) is 79.8 cm³/mol. The van der Waals surface area contributed by atoms with Crippen LogP contribution < -0.4 is 0 Å². The Kier molecular flexibility index (Phi) is 4.07. The molecule has 0 saturated heterocycles. The maximum absolute atomic E-state index is 9.91. The third kappa shape index (κ3) is 3.14. The number of phenolic OH excluding ortho intramolecular Hbond substituents is 1. The fraction of sp³-hybridized carbons (Fsp3) is 0.250. The summed E-state index contributed by atoms with van der Waals surface area (Å²) < 4.78 is 1.05. The molecule has 0 aliphatic carbocycles. The lowest BCUT2D eigenvalue weighted by molar-refractivity contribution is 0.477. The van der Waals surface area contributed by atoms with E-state index in [0.717, 1.165) is 22.0 Å². The normalized spacial score (nSPS) is 10.9. The van der Waals surface area contributed by atoms with Gasteiger partial charge in [0, 0.05) is 10.0 Å². The molecule has 0 heterocycles. The molecule has 0 bridgehead atoms. The molecule has 0 aliphatic rings. The number of halogens is 1. The Labute approximate surface area is 117 Å². The lowest BCUT2D eigenvalue weighted by atomic mass is 9.97. The molecule has 0 spiro atoms. The van der Waals surface area contributed by atoms with E-state index < -0.39 is 0 Å². The number of aromatic hydroxyl groups is 1. The van der Waals surface area contributed by atoms with Gasteiger partial charge in [0.05, 0.1) is 0 Å². The smallest absolute Gasteiger partial charge is 0.123 e. The summed E-state index contributed by atoms with van der Waals surface area (Å²) in [5, 5.41) is 9.91. The molecule has 1 nitrogen and oxygen atoms in total. The number of benzene rings is 2. The van der Waals surface area contributed by atoms with Crippen molar-refractivity contribution in [3.8, 4) is 16.9 Å². The third-order valence-corrected chi connectivity index (χ3v) is 3.27. The molecular formula is C16H17BrO. The number of rotatable bonds is 3. The lowest BCUT2D eigenvalue weighted by Crippen LogP contribution is -1.94. The van der Waals surface area contributed by atoms with Crippen LogP contribution >= 0.6 is 15.9 Å². The van der Waals surface area contributed by atoms with Crippen LogP contribution in [0, 0.1) is 5.92 Å². The summed E-state index contributed by atoms with van der Waals surface area (Å²) in [6.45, 7) is 4.42. The fourth-order valence-corrected chi connectivity index (χ4v) is 2.65. The molecule has 0 radical (unpaired) electrons. The quantitative estimate of drug-likeness (QED) is 0.844. The Morgan fingerprint density at radius 3 is 2.50 bits per heavy atom. The summed E-state index contributed by atoms with van der Waals surface area (Å²) in [6.07, 6.45) is 1.04. The van der Waals surface area contributed by atoms with Gasteiger partial charge >= 0.3 is 0 Å². The van der Waals surface area contributed by atoms with Gasteiger partial charge in [-0.25, -0.2) is 0 Å². The molecule has 18 heavy (non-hydrogen) atoms. The number of phenols is 1. The van der Waals surface area contributed by atoms with Crippen LogP contribution in [0.3, 0.4) is 0 Å². The minimum atomic E-state index is 0.325. The standard InChI is InChI=1S/C16H17BrO/c1-11(2)7-12-8-13(10-14(17)9-12)15-5-3-4-6-16(15)18/h3-6,8-11,18H,7H2,1-2H3. The van der Waals surface area contributed by atoms with Gasteiger partial charge in [0.1, 0.15) is 5.75 Å². The Morgan fingerprint density at radius 2 is 1.83 bits per heavy atom. The zero-order chi connectivity index (χ0) is 13.1. The van der Waals surface area contributed by atoms with Crippen molar-refractivity contribution >= 4 is 15.9 Å². The number of hydrogen-bond donors (Lipinski definition) is 1. The van der Waals surface area contributed by atoms with Gasteiger partial charge in [-0.1, -0.05) is 54.0 Å². The highest BCUT2D eigenvalue weighted by Gasteiger charge is 2.07. The summed E-state index contributed by atoms with van der Waals surface area (Å²) >= 11 is 3.54. The van der Waals surface area contributed by atoms with Crippen LogP contribution in [-0.4, -0.2) is 5.11 Å². The summed E-state index contributed by atoms with van der Waals surface area (Å²) in [6, 6.07) is 13.8. The topological polar surface area (TPSA) is 20.2 Å². The maximum Gasteiger partial charge on any atom is 0.123 e. The van der Waals surface area contributed by atoms with Crippen LogP contribution in [0.4, 0.5) is 0 Å². The average molecular weight is 305 g/mol. The Hall–Kier alpha value is -1.28. The first kappa shape index (κ1) is 13.2. The van der Waals surface area contributed by atoms with E-state index >= 15 is 0 Å². The Morgan fingerprint density at radius 1 is 1.11 bits per heavy atom. The lowest BCUT2D eigenvalue weighted by Gasteiger charge is -2.10. The van der Waals surface area contributed by atoms with Crippen molar-refractivity contribution in [3.05, 3.63) is 52.5 Å². The van der Waals surface area contributed by atoms with E-state index in [9.17, 15) is 5.11 Å². The Balaban J connectivity index is 2.45. The highest BCUT2D eigenvalue weighted by atomic mass is 79.9. The van der Waals surface area contributed by atoms with Crippen LogP contribution in [0.15, 0.2) is 46.9 Å². The van der Waals surface area contributed by atoms with Crippen molar-refractivity contribution in [1.29, 1.82) is 0 Å². The van der Waals surface area contributed by atoms with Gasteiger partial charge in [0.2, 0.25) is 0 Å². The van der Waals surface area contributed by atoms with E-state index in [0.29, 0.717) is 11.7 Å². The molecule has 2 aromatic rings. The summed E-state index contributed by atoms with van der Waals surface area (Å²) in [7, 11) is 0. The summed E-state index contributed by atoms with van der Waals surface area (Å²) in [5.41, 5.74) is 3.22. The summed E-state index contributed by atoms with van der Waals surface area (Å²) in [5.74, 6) is 0.947. The first-order valence-electron chi connectivity index (χ1n) is 6.14. The van der Waals surface area contributed by atoms with Crippen molar-refractivity contribution in [3.63, 3.8) is 0 Å². The number of para-hydroxylation sites is 1. The van der Waals surface area contributed by atoms with Gasteiger partial charge in [0.15, 0.2) is 0 Å². The van der Waals surface area contributed by atoms with Crippen molar-refractivity contribution < 1.29 is 5.11 Å². The minimum absolute atomic E-state index is 0.325. The molecule has 2 aromatic carbocycles. The SMILES string of the molecule is CC(C)Cc1cc(Br)cc(-c2ccccc2O)c1. The zero-order valence-corrected chi connectivity index (χ0v) is 12.2. The van der Waals surface area contributed by atoms with Crippen molar-refractivity contribution in [2.45, 2.75) is 20.3 Å². The average Bonchev–Trinajstić information content (AvgIpc) is 2.27. The molecule has 94 valence electrons. The third-order valence-electron chi connectivity index (χ3n) is 2.82. The van der Waals surface area contributed by atoms with Crippen LogP contribution in [0.2, 0.25) is 0 Å². The molecule has 0 atom stereocenters. The molecule has 0 saturated carbocycles. The second-order valence-electron chi connectivity index (χ2n) is 4.96. The molecule has 2 heteroatoms. The highest BCUT2D eigenvalue weighted by Crippen LogP contribution is 2.32. The van der Waals surface area contributed by atoms with Crippen LogP contribution in [-0.2, 0) is 6.42 Å². The van der Waals surface area contributed by atoms with Crippen LogP contribution in [0.1, 0.15) is 19.4 Å². The van der Waals surface area contributed by atoms with Gasteiger partial charge in [0.25, 0.3) is 0 Å². The van der Waals surface area contributed by atoms with Crippen molar-refractivity contribution in [1.82, 2.24) is 0 Å². The van der Waals surface area contributed by atoms with Crippen LogP contribution in [0.5, 0.6) is 5.75 Å². The molecule has 0 amide bonds. The van der Waals surface area contributed by atoms with Crippen LogP contribution in [0.25, 0.3) is 11.1 Å². The van der Waals surface area contributed by atoms with E-state index in [1.54, 1.807) is 6.07 Å². The van der Waals surface area contributed by atoms with E-state index in [1.807, 2.05) is 24.3 Å². The molecule has 0 unspecified atom stereocenters. The first-order chi connectivity index (χ1) is 8.56. The monoisotopic (exact) mass is 304 g/mol. The van der Waals surface area contributed by atoms with E-state index in [1.165, 1.54) is 5.56 Å². The highest BCUT2D eigenvalue weighted by molar-refractivity contribution is 9.10. The van der Waals surface area contributed by atoms with Gasteiger partial charge in [-0.2, -0.15) is 0 Å². The van der Waals surface area contributed by atoms with E-state index in [2.05, 4.69) is 41.9 Å². The maximum atomic E-state index is 9.91. The molecule has 0 aromatic heterocycles. The Bertz CT molecular complexity index is 547.